The van der Waals surface area contributed by atoms with Crippen LogP contribution in [0.1, 0.15) is 26.5 Å². The summed E-state index contributed by atoms with van der Waals surface area (Å²) in [7, 11) is 0. The van der Waals surface area contributed by atoms with Gasteiger partial charge in [-0.25, -0.2) is 4.98 Å². The molecule has 2 N–H and O–H groups in total. The number of ether oxygens (including phenoxy) is 1. The van der Waals surface area contributed by atoms with E-state index in [4.69, 9.17) is 9.73 Å². The minimum atomic E-state index is 0. The summed E-state index contributed by atoms with van der Waals surface area (Å²) in [6.07, 6.45) is 5.13. The van der Waals surface area contributed by atoms with Crippen molar-refractivity contribution in [2.24, 2.45) is 10.9 Å². The van der Waals surface area contributed by atoms with Gasteiger partial charge < -0.3 is 19.8 Å². The van der Waals surface area contributed by atoms with Gasteiger partial charge in [-0.05, 0) is 25.0 Å². The summed E-state index contributed by atoms with van der Waals surface area (Å²) in [5.41, 5.74) is 2.06. The SMILES string of the molecule is CCNC(=NCC1CN(CC(C)C)CCO1)NCCc1cn2ccccc2n1.I. The molecular formula is C21H35IN6O. The zero-order chi connectivity index (χ0) is 19.8. The molecule has 29 heavy (non-hydrogen) atoms. The van der Waals surface area contributed by atoms with Gasteiger partial charge in [0, 0.05) is 51.5 Å². The number of pyridine rings is 1. The molecule has 1 aliphatic heterocycles. The lowest BCUT2D eigenvalue weighted by molar-refractivity contribution is -0.0261. The average Bonchev–Trinajstić information content (AvgIpc) is 3.08. The van der Waals surface area contributed by atoms with E-state index in [0.717, 1.165) is 63.1 Å². The molecule has 1 saturated heterocycles. The summed E-state index contributed by atoms with van der Waals surface area (Å²) < 4.78 is 7.96. The molecule has 1 aliphatic rings. The molecule has 2 aromatic rings. The lowest BCUT2D eigenvalue weighted by atomic mass is 10.2. The lowest BCUT2D eigenvalue weighted by Gasteiger charge is -2.33. The van der Waals surface area contributed by atoms with Crippen molar-refractivity contribution in [3.63, 3.8) is 0 Å². The minimum Gasteiger partial charge on any atom is -0.374 e. The van der Waals surface area contributed by atoms with Crippen LogP contribution in [-0.4, -0.2) is 72.2 Å². The summed E-state index contributed by atoms with van der Waals surface area (Å²) in [6, 6.07) is 6.05. The Morgan fingerprint density at radius 3 is 2.97 bits per heavy atom. The van der Waals surface area contributed by atoms with Gasteiger partial charge in [-0.2, -0.15) is 0 Å². The number of imidazole rings is 1. The van der Waals surface area contributed by atoms with Crippen LogP contribution in [-0.2, 0) is 11.2 Å². The molecule has 1 unspecified atom stereocenters. The van der Waals surface area contributed by atoms with Gasteiger partial charge in [0.2, 0.25) is 0 Å². The molecule has 0 radical (unpaired) electrons. The fraction of sp³-hybridized carbons (Fsp3) is 0.619. The van der Waals surface area contributed by atoms with Crippen molar-refractivity contribution in [2.75, 3.05) is 45.9 Å². The predicted octanol–water partition coefficient (Wildman–Crippen LogP) is 2.41. The van der Waals surface area contributed by atoms with E-state index in [1.807, 2.05) is 24.4 Å². The highest BCUT2D eigenvalue weighted by molar-refractivity contribution is 14.0. The number of nitrogens with one attached hydrogen (secondary N) is 2. The molecule has 1 fully saturated rings. The number of aliphatic imine (C=N–C) groups is 1. The summed E-state index contributed by atoms with van der Waals surface area (Å²) in [5.74, 6) is 1.52. The fourth-order valence-electron chi connectivity index (χ4n) is 3.52. The zero-order valence-electron chi connectivity index (χ0n) is 17.8. The van der Waals surface area contributed by atoms with Crippen molar-refractivity contribution < 1.29 is 4.74 Å². The molecule has 162 valence electrons. The van der Waals surface area contributed by atoms with Crippen LogP contribution in [0.4, 0.5) is 0 Å². The van der Waals surface area contributed by atoms with Gasteiger partial charge in [0.05, 0.1) is 24.9 Å². The quantitative estimate of drug-likeness (QED) is 0.322. The van der Waals surface area contributed by atoms with E-state index in [2.05, 4.69) is 51.9 Å². The third-order valence-electron chi connectivity index (χ3n) is 4.73. The number of guanidine groups is 1. The average molecular weight is 514 g/mol. The van der Waals surface area contributed by atoms with Crippen LogP contribution in [0, 0.1) is 5.92 Å². The summed E-state index contributed by atoms with van der Waals surface area (Å²) in [5, 5.41) is 6.74. The highest BCUT2D eigenvalue weighted by Gasteiger charge is 2.20. The third kappa shape index (κ3) is 7.75. The summed E-state index contributed by atoms with van der Waals surface area (Å²) in [6.45, 7) is 12.8. The largest absolute Gasteiger partial charge is 0.374 e. The molecular weight excluding hydrogens is 479 g/mol. The first-order valence-corrected chi connectivity index (χ1v) is 10.4. The molecule has 3 rings (SSSR count). The molecule has 7 nitrogen and oxygen atoms in total. The van der Waals surface area contributed by atoms with Gasteiger partial charge in [0.15, 0.2) is 5.96 Å². The molecule has 0 saturated carbocycles. The maximum absolute atomic E-state index is 5.91. The van der Waals surface area contributed by atoms with Gasteiger partial charge in [0.1, 0.15) is 5.65 Å². The Hall–Kier alpha value is -1.39. The van der Waals surface area contributed by atoms with Crippen molar-refractivity contribution in [3.8, 4) is 0 Å². The van der Waals surface area contributed by atoms with Gasteiger partial charge in [-0.1, -0.05) is 19.9 Å². The predicted molar refractivity (Wildman–Crippen MR) is 129 cm³/mol. The van der Waals surface area contributed by atoms with E-state index < -0.39 is 0 Å². The second kappa shape index (κ2) is 12.3. The normalized spacial score (nSPS) is 18.1. The number of fused-ring (bicyclic) bond motifs is 1. The second-order valence-electron chi connectivity index (χ2n) is 7.74. The van der Waals surface area contributed by atoms with E-state index in [9.17, 15) is 0 Å². The Balaban J connectivity index is 0.00000300. The van der Waals surface area contributed by atoms with Crippen LogP contribution in [0.5, 0.6) is 0 Å². The lowest BCUT2D eigenvalue weighted by Crippen LogP contribution is -2.46. The second-order valence-corrected chi connectivity index (χ2v) is 7.74. The van der Waals surface area contributed by atoms with Crippen LogP contribution in [0.15, 0.2) is 35.6 Å². The molecule has 0 bridgehead atoms. The molecule has 0 amide bonds. The summed E-state index contributed by atoms with van der Waals surface area (Å²) in [4.78, 5) is 11.9. The Kier molecular flexibility index (Phi) is 10.2. The minimum absolute atomic E-state index is 0. The standard InChI is InChI=1S/C21H34N6O.HI/c1-4-22-21(24-13-19-16-26(11-12-28-19)14-17(2)3)23-9-8-18-15-27-10-6-5-7-20(27)25-18;/h5-7,10,15,17,19H,4,8-9,11-14,16H2,1-3H3,(H2,22,23,24);1H. The Bertz CT molecular complexity index is 729. The molecule has 0 aliphatic carbocycles. The highest BCUT2D eigenvalue weighted by atomic mass is 127. The molecule has 3 heterocycles. The topological polar surface area (TPSA) is 66.2 Å². The maximum atomic E-state index is 5.91. The van der Waals surface area contributed by atoms with Crippen molar-refractivity contribution in [2.45, 2.75) is 33.3 Å². The van der Waals surface area contributed by atoms with E-state index in [1.54, 1.807) is 0 Å². The van der Waals surface area contributed by atoms with Crippen LogP contribution >= 0.6 is 24.0 Å². The number of hydrogen-bond acceptors (Lipinski definition) is 4. The number of nitrogens with zero attached hydrogens (tertiary/aromatic N) is 4. The molecule has 0 aromatic carbocycles. The van der Waals surface area contributed by atoms with Gasteiger partial charge in [-0.15, -0.1) is 24.0 Å². The van der Waals surface area contributed by atoms with Gasteiger partial charge in [-0.3, -0.25) is 9.89 Å². The molecule has 2 aromatic heterocycles. The Morgan fingerprint density at radius 2 is 2.21 bits per heavy atom. The van der Waals surface area contributed by atoms with Gasteiger partial charge >= 0.3 is 0 Å². The molecule has 1 atom stereocenters. The number of hydrogen-bond donors (Lipinski definition) is 2. The number of morpholine rings is 1. The van der Waals surface area contributed by atoms with Crippen LogP contribution in [0.25, 0.3) is 5.65 Å². The first-order valence-electron chi connectivity index (χ1n) is 10.4. The fourth-order valence-corrected chi connectivity index (χ4v) is 3.52. The monoisotopic (exact) mass is 514 g/mol. The summed E-state index contributed by atoms with van der Waals surface area (Å²) >= 11 is 0. The van der Waals surface area contributed by atoms with Crippen molar-refractivity contribution >= 4 is 35.6 Å². The van der Waals surface area contributed by atoms with Crippen molar-refractivity contribution in [1.82, 2.24) is 24.9 Å². The maximum Gasteiger partial charge on any atom is 0.191 e. The zero-order valence-corrected chi connectivity index (χ0v) is 20.1. The number of halogens is 1. The third-order valence-corrected chi connectivity index (χ3v) is 4.73. The van der Waals surface area contributed by atoms with Crippen molar-refractivity contribution in [1.29, 1.82) is 0 Å². The Morgan fingerprint density at radius 1 is 1.34 bits per heavy atom. The number of aromatic nitrogens is 2. The Labute approximate surface area is 191 Å². The van der Waals surface area contributed by atoms with Crippen molar-refractivity contribution in [3.05, 3.63) is 36.3 Å². The highest BCUT2D eigenvalue weighted by Crippen LogP contribution is 2.08. The van der Waals surface area contributed by atoms with Crippen LogP contribution in [0.2, 0.25) is 0 Å². The smallest absolute Gasteiger partial charge is 0.191 e. The molecule has 0 spiro atoms. The molecule has 8 heteroatoms. The number of rotatable bonds is 8. The van der Waals surface area contributed by atoms with Crippen LogP contribution in [0.3, 0.4) is 0 Å². The van der Waals surface area contributed by atoms with E-state index >= 15 is 0 Å². The van der Waals surface area contributed by atoms with Crippen LogP contribution < -0.4 is 10.6 Å². The van der Waals surface area contributed by atoms with E-state index in [-0.39, 0.29) is 30.1 Å². The van der Waals surface area contributed by atoms with Gasteiger partial charge in [0.25, 0.3) is 0 Å². The van der Waals surface area contributed by atoms with E-state index in [0.29, 0.717) is 12.5 Å². The van der Waals surface area contributed by atoms with E-state index in [1.165, 1.54) is 0 Å². The first-order chi connectivity index (χ1) is 13.6. The first kappa shape index (κ1) is 23.9.